The number of rotatable bonds is 5. The van der Waals surface area contributed by atoms with Crippen molar-refractivity contribution in [1.29, 1.82) is 0 Å². The molecule has 4 nitrogen and oxygen atoms in total. The predicted octanol–water partition coefficient (Wildman–Crippen LogP) is 0.951. The Bertz CT molecular complexity index is 180. The van der Waals surface area contributed by atoms with E-state index in [0.29, 0.717) is 6.42 Å². The van der Waals surface area contributed by atoms with Crippen LogP contribution < -0.4 is 5.73 Å². The maximum Gasteiger partial charge on any atom is 0.281 e. The quantitative estimate of drug-likeness (QED) is 0.395. The second-order valence-electron chi connectivity index (χ2n) is 2.96. The third-order valence-corrected chi connectivity index (χ3v) is 2.11. The number of hydrogen-bond donors (Lipinski definition) is 1. The van der Waals surface area contributed by atoms with Gasteiger partial charge in [0.15, 0.2) is 0 Å². The van der Waals surface area contributed by atoms with Gasteiger partial charge in [-0.15, -0.1) is 0 Å². The standard InChI is InChI=1S/C9H18N2O2/c1-4-8(5-6-12)7(2)13-9(10)11-3/h6-8H,4-5H2,1-3H3,(H2,10,11)/t7-,8?/m1/s1. The molecule has 0 rings (SSSR count). The van der Waals surface area contributed by atoms with E-state index in [0.717, 1.165) is 12.7 Å². The lowest BCUT2D eigenvalue weighted by Gasteiger charge is -2.21. The van der Waals surface area contributed by atoms with Crippen LogP contribution in [0.5, 0.6) is 0 Å². The Kier molecular flexibility index (Phi) is 5.93. The Morgan fingerprint density at radius 3 is 2.69 bits per heavy atom. The van der Waals surface area contributed by atoms with E-state index in [2.05, 4.69) is 4.99 Å². The fourth-order valence-corrected chi connectivity index (χ4v) is 1.15. The molecule has 76 valence electrons. The number of nitrogens with two attached hydrogens (primary N) is 1. The first-order chi connectivity index (χ1) is 6.15. The van der Waals surface area contributed by atoms with Crippen LogP contribution in [0, 0.1) is 5.92 Å². The summed E-state index contributed by atoms with van der Waals surface area (Å²) >= 11 is 0. The molecule has 0 aliphatic carbocycles. The Labute approximate surface area is 79.2 Å². The minimum absolute atomic E-state index is 0.0566. The third kappa shape index (κ3) is 4.50. The van der Waals surface area contributed by atoms with Crippen molar-refractivity contribution in [3.05, 3.63) is 0 Å². The van der Waals surface area contributed by atoms with Crippen LogP contribution >= 0.6 is 0 Å². The van der Waals surface area contributed by atoms with Crippen molar-refractivity contribution < 1.29 is 9.53 Å². The molecule has 2 N–H and O–H groups in total. The molecule has 2 atom stereocenters. The van der Waals surface area contributed by atoms with Gasteiger partial charge in [0.05, 0.1) is 0 Å². The molecule has 0 saturated heterocycles. The molecule has 0 amide bonds. The van der Waals surface area contributed by atoms with Gasteiger partial charge in [-0.3, -0.25) is 0 Å². The fourth-order valence-electron chi connectivity index (χ4n) is 1.15. The van der Waals surface area contributed by atoms with Gasteiger partial charge in [-0.1, -0.05) is 6.92 Å². The van der Waals surface area contributed by atoms with Gasteiger partial charge in [0.2, 0.25) is 0 Å². The molecule has 1 unspecified atom stereocenters. The lowest BCUT2D eigenvalue weighted by molar-refractivity contribution is -0.109. The minimum Gasteiger partial charge on any atom is -0.462 e. The maximum absolute atomic E-state index is 10.3. The lowest BCUT2D eigenvalue weighted by atomic mass is 9.98. The second-order valence-corrected chi connectivity index (χ2v) is 2.96. The molecular formula is C9H18N2O2. The van der Waals surface area contributed by atoms with Crippen LogP contribution in [-0.4, -0.2) is 25.5 Å². The second kappa shape index (κ2) is 6.46. The van der Waals surface area contributed by atoms with Gasteiger partial charge in [0, 0.05) is 19.4 Å². The Morgan fingerprint density at radius 2 is 2.31 bits per heavy atom. The van der Waals surface area contributed by atoms with Crippen LogP contribution in [0.3, 0.4) is 0 Å². The zero-order chi connectivity index (χ0) is 10.3. The number of hydrogen-bond acceptors (Lipinski definition) is 3. The SMILES string of the molecule is CCC(CC=O)[C@@H](C)OC(N)=NC. The predicted molar refractivity (Wildman–Crippen MR) is 52.6 cm³/mol. The Balaban J connectivity index is 4.04. The summed E-state index contributed by atoms with van der Waals surface area (Å²) in [6.45, 7) is 3.92. The molecule has 0 aromatic heterocycles. The van der Waals surface area contributed by atoms with Crippen molar-refractivity contribution in [2.24, 2.45) is 16.6 Å². The van der Waals surface area contributed by atoms with Crippen molar-refractivity contribution in [1.82, 2.24) is 0 Å². The number of amidine groups is 1. The molecule has 0 spiro atoms. The van der Waals surface area contributed by atoms with Crippen molar-refractivity contribution in [2.75, 3.05) is 7.05 Å². The first-order valence-electron chi connectivity index (χ1n) is 4.48. The summed E-state index contributed by atoms with van der Waals surface area (Å²) in [5.41, 5.74) is 5.40. The Hall–Kier alpha value is -1.06. The topological polar surface area (TPSA) is 64.7 Å². The zero-order valence-electron chi connectivity index (χ0n) is 8.49. The number of carbonyl (C=O) groups is 1. The molecule has 0 aromatic rings. The van der Waals surface area contributed by atoms with Gasteiger partial charge in [0.25, 0.3) is 6.02 Å². The van der Waals surface area contributed by atoms with E-state index in [1.807, 2.05) is 13.8 Å². The summed E-state index contributed by atoms with van der Waals surface area (Å²) in [7, 11) is 1.57. The first-order valence-corrected chi connectivity index (χ1v) is 4.48. The van der Waals surface area contributed by atoms with Gasteiger partial charge in [0.1, 0.15) is 12.4 Å². The first kappa shape index (κ1) is 11.9. The molecule has 0 heterocycles. The van der Waals surface area contributed by atoms with Gasteiger partial charge in [-0.2, -0.15) is 0 Å². The molecule has 0 aromatic carbocycles. The summed E-state index contributed by atoms with van der Waals surface area (Å²) in [6.07, 6.45) is 2.26. The molecule has 0 saturated carbocycles. The van der Waals surface area contributed by atoms with E-state index in [1.54, 1.807) is 7.05 Å². The molecule has 0 bridgehead atoms. The molecule has 4 heteroatoms. The monoisotopic (exact) mass is 186 g/mol. The summed E-state index contributed by atoms with van der Waals surface area (Å²) in [6, 6.07) is 0.178. The van der Waals surface area contributed by atoms with E-state index in [1.165, 1.54) is 0 Å². The molecular weight excluding hydrogens is 168 g/mol. The average Bonchev–Trinajstić information content (AvgIpc) is 2.13. The maximum atomic E-state index is 10.3. The summed E-state index contributed by atoms with van der Waals surface area (Å²) in [5, 5.41) is 0. The van der Waals surface area contributed by atoms with Crippen molar-refractivity contribution >= 4 is 12.3 Å². The van der Waals surface area contributed by atoms with E-state index in [9.17, 15) is 4.79 Å². The summed E-state index contributed by atoms with van der Waals surface area (Å²) in [5.74, 6) is 0.220. The molecule has 0 radical (unpaired) electrons. The highest BCUT2D eigenvalue weighted by Gasteiger charge is 2.16. The molecule has 13 heavy (non-hydrogen) atoms. The van der Waals surface area contributed by atoms with Gasteiger partial charge in [-0.05, 0) is 13.3 Å². The van der Waals surface area contributed by atoms with Crippen molar-refractivity contribution in [3.63, 3.8) is 0 Å². The normalized spacial score (nSPS) is 16.4. The van der Waals surface area contributed by atoms with Crippen LogP contribution in [0.4, 0.5) is 0 Å². The van der Waals surface area contributed by atoms with Crippen LogP contribution in [0.2, 0.25) is 0 Å². The third-order valence-electron chi connectivity index (χ3n) is 2.11. The molecule has 0 fully saturated rings. The van der Waals surface area contributed by atoms with Crippen molar-refractivity contribution in [3.8, 4) is 0 Å². The van der Waals surface area contributed by atoms with Crippen molar-refractivity contribution in [2.45, 2.75) is 32.8 Å². The number of aldehydes is 1. The minimum atomic E-state index is -0.0566. The van der Waals surface area contributed by atoms with Crippen LogP contribution in [0.25, 0.3) is 0 Å². The summed E-state index contributed by atoms with van der Waals surface area (Å²) < 4.78 is 5.27. The highest BCUT2D eigenvalue weighted by Crippen LogP contribution is 2.14. The number of aliphatic imine (C=N–C) groups is 1. The number of carbonyl (C=O) groups excluding carboxylic acids is 1. The van der Waals surface area contributed by atoms with E-state index in [4.69, 9.17) is 10.5 Å². The largest absolute Gasteiger partial charge is 0.462 e. The Morgan fingerprint density at radius 1 is 1.69 bits per heavy atom. The van der Waals surface area contributed by atoms with Crippen LogP contribution in [-0.2, 0) is 9.53 Å². The van der Waals surface area contributed by atoms with Gasteiger partial charge in [-0.25, -0.2) is 4.99 Å². The lowest BCUT2D eigenvalue weighted by Crippen LogP contribution is -2.28. The van der Waals surface area contributed by atoms with E-state index in [-0.39, 0.29) is 18.0 Å². The van der Waals surface area contributed by atoms with Gasteiger partial charge < -0.3 is 15.3 Å². The molecule has 0 aliphatic heterocycles. The number of nitrogens with zero attached hydrogens (tertiary/aromatic N) is 1. The fraction of sp³-hybridized carbons (Fsp3) is 0.778. The highest BCUT2D eigenvalue weighted by molar-refractivity contribution is 5.71. The highest BCUT2D eigenvalue weighted by atomic mass is 16.5. The van der Waals surface area contributed by atoms with Gasteiger partial charge >= 0.3 is 0 Å². The smallest absolute Gasteiger partial charge is 0.281 e. The average molecular weight is 186 g/mol. The van der Waals surface area contributed by atoms with Crippen LogP contribution in [0.15, 0.2) is 4.99 Å². The zero-order valence-corrected chi connectivity index (χ0v) is 8.49. The molecule has 0 aliphatic rings. The number of ether oxygens (including phenoxy) is 1. The summed E-state index contributed by atoms with van der Waals surface area (Å²) in [4.78, 5) is 14.0. The van der Waals surface area contributed by atoms with E-state index < -0.39 is 0 Å². The van der Waals surface area contributed by atoms with Crippen LogP contribution in [0.1, 0.15) is 26.7 Å². The van der Waals surface area contributed by atoms with E-state index >= 15 is 0 Å².